The van der Waals surface area contributed by atoms with Gasteiger partial charge in [0.15, 0.2) is 5.65 Å². The Morgan fingerprint density at radius 2 is 1.93 bits per heavy atom. The maximum atomic E-state index is 13.0. The Labute approximate surface area is 82.6 Å². The van der Waals surface area contributed by atoms with Crippen LogP contribution in [0.1, 0.15) is 19.4 Å². The molecule has 0 saturated heterocycles. The van der Waals surface area contributed by atoms with Crippen molar-refractivity contribution in [1.82, 2.24) is 14.8 Å². The molecule has 0 unspecified atom stereocenters. The van der Waals surface area contributed by atoms with Gasteiger partial charge in [-0.15, -0.1) is 0 Å². The van der Waals surface area contributed by atoms with Gasteiger partial charge in [-0.1, -0.05) is 13.8 Å². The summed E-state index contributed by atoms with van der Waals surface area (Å²) in [7, 11) is 1.78. The van der Waals surface area contributed by atoms with Crippen molar-refractivity contribution in [1.29, 1.82) is 0 Å². The molecule has 0 aliphatic rings. The lowest BCUT2D eigenvalue weighted by atomic mass is 10.2. The molecule has 2 aromatic rings. The molecular weight excluding hydrogens is 181 g/mol. The van der Waals surface area contributed by atoms with Crippen LogP contribution in [0.3, 0.4) is 0 Å². The minimum absolute atomic E-state index is 0.282. The van der Waals surface area contributed by atoms with Crippen LogP contribution in [-0.2, 0) is 7.05 Å². The van der Waals surface area contributed by atoms with Crippen LogP contribution in [0.5, 0.6) is 0 Å². The Kier molecular flexibility index (Phi) is 3.17. The first-order valence-corrected chi connectivity index (χ1v) is 4.63. The zero-order chi connectivity index (χ0) is 10.7. The van der Waals surface area contributed by atoms with Crippen LogP contribution in [0.15, 0.2) is 12.4 Å². The summed E-state index contributed by atoms with van der Waals surface area (Å²) < 4.78 is 14.6. The van der Waals surface area contributed by atoms with E-state index >= 15 is 0 Å². The van der Waals surface area contributed by atoms with Gasteiger partial charge in [0.05, 0.1) is 12.4 Å². The highest BCUT2D eigenvalue weighted by Crippen LogP contribution is 2.16. The Balaban J connectivity index is 0.000000461. The molecule has 0 aliphatic carbocycles. The highest BCUT2D eigenvalue weighted by atomic mass is 19.1. The van der Waals surface area contributed by atoms with Crippen molar-refractivity contribution in [2.24, 2.45) is 7.05 Å². The van der Waals surface area contributed by atoms with Crippen LogP contribution < -0.4 is 0 Å². The molecule has 0 bridgehead atoms. The van der Waals surface area contributed by atoms with Gasteiger partial charge in [-0.05, 0) is 12.5 Å². The fourth-order valence-electron chi connectivity index (χ4n) is 1.19. The third-order valence-electron chi connectivity index (χ3n) is 1.97. The third-order valence-corrected chi connectivity index (χ3v) is 1.97. The molecule has 2 aromatic heterocycles. The van der Waals surface area contributed by atoms with Crippen molar-refractivity contribution in [3.63, 3.8) is 0 Å². The lowest BCUT2D eigenvalue weighted by Crippen LogP contribution is -1.93. The van der Waals surface area contributed by atoms with E-state index in [0.29, 0.717) is 11.2 Å². The normalized spacial score (nSPS) is 9.79. The Bertz CT molecular complexity index is 434. The summed E-state index contributed by atoms with van der Waals surface area (Å²) in [5.41, 5.74) is 1.32. The minimum Gasteiger partial charge on any atom is -0.250 e. The zero-order valence-electron chi connectivity index (χ0n) is 8.87. The van der Waals surface area contributed by atoms with E-state index < -0.39 is 0 Å². The van der Waals surface area contributed by atoms with Crippen LogP contribution >= 0.6 is 0 Å². The van der Waals surface area contributed by atoms with E-state index in [1.807, 2.05) is 13.8 Å². The Morgan fingerprint density at radius 3 is 2.57 bits per heavy atom. The molecule has 0 radical (unpaired) electrons. The smallest absolute Gasteiger partial charge is 0.157 e. The summed E-state index contributed by atoms with van der Waals surface area (Å²) in [5, 5.41) is 4.76. The van der Waals surface area contributed by atoms with E-state index in [1.165, 1.54) is 6.20 Å². The SMILES string of the molecule is CC.Cc1c(F)cnc2c1cnn2C. The van der Waals surface area contributed by atoms with Gasteiger partial charge in [0, 0.05) is 12.4 Å². The number of fused-ring (bicyclic) bond motifs is 1. The lowest BCUT2D eigenvalue weighted by Gasteiger charge is -1.96. The molecule has 14 heavy (non-hydrogen) atoms. The molecule has 0 saturated carbocycles. The van der Waals surface area contributed by atoms with Crippen molar-refractivity contribution in [3.8, 4) is 0 Å². The summed E-state index contributed by atoms with van der Waals surface area (Å²) in [6.45, 7) is 5.72. The fourth-order valence-corrected chi connectivity index (χ4v) is 1.19. The summed E-state index contributed by atoms with van der Waals surface area (Å²) in [6.07, 6.45) is 2.85. The molecule has 0 aliphatic heterocycles. The number of hydrogen-bond acceptors (Lipinski definition) is 2. The standard InChI is InChI=1S/C8H8FN3.C2H6/c1-5-6-3-11-12(2)8(6)10-4-7(5)9;1-2/h3-4H,1-2H3;1-2H3. The fraction of sp³-hybridized carbons (Fsp3) is 0.400. The molecule has 0 atom stereocenters. The summed E-state index contributed by atoms with van der Waals surface area (Å²) in [6, 6.07) is 0. The second-order valence-electron chi connectivity index (χ2n) is 2.74. The van der Waals surface area contributed by atoms with Gasteiger partial charge in [0.25, 0.3) is 0 Å². The molecule has 3 nitrogen and oxygen atoms in total. The average molecular weight is 195 g/mol. The summed E-state index contributed by atoms with van der Waals surface area (Å²) in [4.78, 5) is 3.93. The number of hydrogen-bond donors (Lipinski definition) is 0. The maximum Gasteiger partial charge on any atom is 0.157 e. The van der Waals surface area contributed by atoms with Gasteiger partial charge in [-0.2, -0.15) is 5.10 Å². The van der Waals surface area contributed by atoms with E-state index in [2.05, 4.69) is 10.1 Å². The molecular formula is C10H14FN3. The van der Waals surface area contributed by atoms with E-state index in [4.69, 9.17) is 0 Å². The van der Waals surface area contributed by atoms with E-state index in [9.17, 15) is 4.39 Å². The average Bonchev–Trinajstić information content (AvgIpc) is 2.58. The lowest BCUT2D eigenvalue weighted by molar-refractivity contribution is 0.615. The van der Waals surface area contributed by atoms with Crippen molar-refractivity contribution in [2.45, 2.75) is 20.8 Å². The first-order valence-electron chi connectivity index (χ1n) is 4.63. The van der Waals surface area contributed by atoms with Crippen molar-refractivity contribution in [2.75, 3.05) is 0 Å². The van der Waals surface area contributed by atoms with Gasteiger partial charge in [-0.25, -0.2) is 9.37 Å². The summed E-state index contributed by atoms with van der Waals surface area (Å²) in [5.74, 6) is -0.282. The second kappa shape index (κ2) is 4.17. The molecule has 0 amide bonds. The molecule has 0 fully saturated rings. The quantitative estimate of drug-likeness (QED) is 0.646. The minimum atomic E-state index is -0.282. The van der Waals surface area contributed by atoms with E-state index in [0.717, 1.165) is 5.39 Å². The largest absolute Gasteiger partial charge is 0.250 e. The van der Waals surface area contributed by atoms with Crippen molar-refractivity contribution < 1.29 is 4.39 Å². The van der Waals surface area contributed by atoms with Gasteiger partial charge in [0.2, 0.25) is 0 Å². The van der Waals surface area contributed by atoms with Crippen molar-refractivity contribution in [3.05, 3.63) is 23.8 Å². The van der Waals surface area contributed by atoms with Gasteiger partial charge in [0.1, 0.15) is 5.82 Å². The van der Waals surface area contributed by atoms with Gasteiger partial charge < -0.3 is 0 Å². The predicted molar refractivity (Wildman–Crippen MR) is 54.6 cm³/mol. The number of aromatic nitrogens is 3. The van der Waals surface area contributed by atoms with Crippen LogP contribution in [0.4, 0.5) is 4.39 Å². The number of pyridine rings is 1. The highest BCUT2D eigenvalue weighted by Gasteiger charge is 2.06. The van der Waals surface area contributed by atoms with Crippen LogP contribution in [0.2, 0.25) is 0 Å². The number of aryl methyl sites for hydroxylation is 2. The zero-order valence-corrected chi connectivity index (χ0v) is 8.87. The Morgan fingerprint density at radius 1 is 1.29 bits per heavy atom. The first kappa shape index (κ1) is 10.6. The first-order chi connectivity index (χ1) is 6.70. The topological polar surface area (TPSA) is 30.7 Å². The maximum absolute atomic E-state index is 13.0. The molecule has 0 N–H and O–H groups in total. The molecule has 0 aromatic carbocycles. The second-order valence-corrected chi connectivity index (χ2v) is 2.74. The summed E-state index contributed by atoms with van der Waals surface area (Å²) >= 11 is 0. The molecule has 2 rings (SSSR count). The predicted octanol–water partition coefficient (Wildman–Crippen LogP) is 2.44. The number of nitrogens with zero attached hydrogens (tertiary/aromatic N) is 3. The molecule has 76 valence electrons. The Hall–Kier alpha value is -1.45. The number of rotatable bonds is 0. The van der Waals surface area contributed by atoms with Gasteiger partial charge in [-0.3, -0.25) is 4.68 Å². The molecule has 0 spiro atoms. The van der Waals surface area contributed by atoms with Crippen molar-refractivity contribution >= 4 is 11.0 Å². The van der Waals surface area contributed by atoms with Crippen LogP contribution in [0, 0.1) is 12.7 Å². The van der Waals surface area contributed by atoms with E-state index in [-0.39, 0.29) is 5.82 Å². The van der Waals surface area contributed by atoms with Crippen LogP contribution in [-0.4, -0.2) is 14.8 Å². The molecule has 4 heteroatoms. The van der Waals surface area contributed by atoms with E-state index in [1.54, 1.807) is 24.9 Å². The third kappa shape index (κ3) is 1.60. The van der Waals surface area contributed by atoms with Gasteiger partial charge >= 0.3 is 0 Å². The number of halogens is 1. The monoisotopic (exact) mass is 195 g/mol. The highest BCUT2D eigenvalue weighted by molar-refractivity contribution is 5.78. The molecule has 2 heterocycles. The van der Waals surface area contributed by atoms with Crippen LogP contribution in [0.25, 0.3) is 11.0 Å².